The summed E-state index contributed by atoms with van der Waals surface area (Å²) in [5.74, 6) is 0.209. The van der Waals surface area contributed by atoms with Crippen LogP contribution in [-0.2, 0) is 6.54 Å². The molecule has 0 saturated carbocycles. The minimum absolute atomic E-state index is 0.184. The van der Waals surface area contributed by atoms with E-state index < -0.39 is 5.97 Å². The summed E-state index contributed by atoms with van der Waals surface area (Å²) in [4.78, 5) is 17.5. The number of aromatic carboxylic acids is 1. The number of aromatic nitrogens is 1. The third kappa shape index (κ3) is 2.09. The normalized spacial score (nSPS) is 13.8. The predicted molar refractivity (Wildman–Crippen MR) is 71.2 cm³/mol. The Morgan fingerprint density at radius 1 is 1.50 bits per heavy atom. The number of carbonyl (C=O) groups is 1. The molecule has 0 spiro atoms. The van der Waals surface area contributed by atoms with E-state index in [0.29, 0.717) is 25.4 Å². The topological polar surface area (TPSA) is 75.8 Å². The molecule has 1 aromatic heterocycles. The number of para-hydroxylation sites is 1. The van der Waals surface area contributed by atoms with E-state index in [9.17, 15) is 9.90 Å². The maximum absolute atomic E-state index is 11.2. The Bertz CT molecular complexity index is 650. The molecule has 1 aliphatic heterocycles. The SMILES string of the molecule is Cc1ocnc1CN1CCOc2c(C(=O)O)cccc21. The van der Waals surface area contributed by atoms with Crippen molar-refractivity contribution in [2.75, 3.05) is 18.1 Å². The van der Waals surface area contributed by atoms with Gasteiger partial charge in [0, 0.05) is 0 Å². The third-order valence-electron chi connectivity index (χ3n) is 3.36. The zero-order valence-electron chi connectivity index (χ0n) is 11.0. The minimum atomic E-state index is -0.985. The summed E-state index contributed by atoms with van der Waals surface area (Å²) in [7, 11) is 0. The number of hydrogen-bond donors (Lipinski definition) is 1. The summed E-state index contributed by atoms with van der Waals surface area (Å²) in [6.45, 7) is 3.57. The van der Waals surface area contributed by atoms with Crippen molar-refractivity contribution in [3.05, 3.63) is 41.6 Å². The lowest BCUT2D eigenvalue weighted by molar-refractivity contribution is 0.0692. The quantitative estimate of drug-likeness (QED) is 0.923. The highest BCUT2D eigenvalue weighted by atomic mass is 16.5. The molecule has 3 rings (SSSR count). The van der Waals surface area contributed by atoms with Crippen molar-refractivity contribution >= 4 is 11.7 Å². The van der Waals surface area contributed by atoms with Crippen molar-refractivity contribution in [3.8, 4) is 5.75 Å². The number of aryl methyl sites for hydroxylation is 1. The largest absolute Gasteiger partial charge is 0.489 e. The molecule has 0 radical (unpaired) electrons. The van der Waals surface area contributed by atoms with E-state index in [1.54, 1.807) is 12.1 Å². The number of benzene rings is 1. The van der Waals surface area contributed by atoms with Crippen molar-refractivity contribution in [2.24, 2.45) is 0 Å². The maximum atomic E-state index is 11.2. The molecule has 20 heavy (non-hydrogen) atoms. The van der Waals surface area contributed by atoms with Gasteiger partial charge < -0.3 is 19.2 Å². The molecule has 0 saturated heterocycles. The molecule has 0 unspecified atom stereocenters. The van der Waals surface area contributed by atoms with Gasteiger partial charge in [0.2, 0.25) is 0 Å². The average Bonchev–Trinajstić information content (AvgIpc) is 2.84. The highest BCUT2D eigenvalue weighted by Crippen LogP contribution is 2.35. The molecular weight excluding hydrogens is 260 g/mol. The monoisotopic (exact) mass is 274 g/mol. The van der Waals surface area contributed by atoms with Gasteiger partial charge in [-0.05, 0) is 19.1 Å². The van der Waals surface area contributed by atoms with E-state index in [4.69, 9.17) is 9.15 Å². The van der Waals surface area contributed by atoms with Gasteiger partial charge in [-0.25, -0.2) is 9.78 Å². The molecule has 0 atom stereocenters. The van der Waals surface area contributed by atoms with Crippen LogP contribution >= 0.6 is 0 Å². The van der Waals surface area contributed by atoms with Crippen LogP contribution in [0.1, 0.15) is 21.8 Å². The molecule has 0 fully saturated rings. The molecule has 104 valence electrons. The molecule has 0 amide bonds. The summed E-state index contributed by atoms with van der Waals surface area (Å²) >= 11 is 0. The summed E-state index contributed by atoms with van der Waals surface area (Å²) < 4.78 is 10.7. The molecule has 0 aliphatic carbocycles. The van der Waals surface area contributed by atoms with Crippen LogP contribution in [0.3, 0.4) is 0 Å². The molecule has 2 heterocycles. The summed E-state index contributed by atoms with van der Waals surface area (Å²) in [6, 6.07) is 5.13. The van der Waals surface area contributed by atoms with Gasteiger partial charge in [0.05, 0.1) is 18.8 Å². The number of rotatable bonds is 3. The highest BCUT2D eigenvalue weighted by Gasteiger charge is 2.24. The molecule has 6 nitrogen and oxygen atoms in total. The van der Waals surface area contributed by atoms with E-state index in [0.717, 1.165) is 17.1 Å². The summed E-state index contributed by atoms with van der Waals surface area (Å²) in [6.07, 6.45) is 1.42. The van der Waals surface area contributed by atoms with Crippen LogP contribution in [0, 0.1) is 6.92 Å². The van der Waals surface area contributed by atoms with Crippen LogP contribution in [0.4, 0.5) is 5.69 Å². The van der Waals surface area contributed by atoms with E-state index in [-0.39, 0.29) is 5.56 Å². The number of carboxylic acid groups (broad SMARTS) is 1. The van der Waals surface area contributed by atoms with Gasteiger partial charge in [-0.15, -0.1) is 0 Å². The Kier molecular flexibility index (Phi) is 3.06. The number of anilines is 1. The zero-order valence-corrected chi connectivity index (χ0v) is 11.0. The first-order chi connectivity index (χ1) is 9.66. The Morgan fingerprint density at radius 2 is 2.35 bits per heavy atom. The molecule has 6 heteroatoms. The molecule has 1 aliphatic rings. The van der Waals surface area contributed by atoms with Crippen molar-refractivity contribution < 1.29 is 19.1 Å². The van der Waals surface area contributed by atoms with Crippen LogP contribution < -0.4 is 9.64 Å². The minimum Gasteiger partial charge on any atom is -0.489 e. The second-order valence-electron chi connectivity index (χ2n) is 4.58. The van der Waals surface area contributed by atoms with E-state index in [2.05, 4.69) is 9.88 Å². The van der Waals surface area contributed by atoms with E-state index in [1.165, 1.54) is 6.39 Å². The van der Waals surface area contributed by atoms with Crippen LogP contribution in [-0.4, -0.2) is 29.2 Å². The first kappa shape index (κ1) is 12.5. The van der Waals surface area contributed by atoms with Crippen molar-refractivity contribution in [2.45, 2.75) is 13.5 Å². The van der Waals surface area contributed by atoms with Gasteiger partial charge in [0.25, 0.3) is 0 Å². The summed E-state index contributed by atoms with van der Waals surface area (Å²) in [5.41, 5.74) is 1.81. The number of oxazole rings is 1. The van der Waals surface area contributed by atoms with E-state index >= 15 is 0 Å². The van der Waals surface area contributed by atoms with Crippen LogP contribution in [0.2, 0.25) is 0 Å². The second-order valence-corrected chi connectivity index (χ2v) is 4.58. The Labute approximate surface area is 115 Å². The fourth-order valence-corrected chi connectivity index (χ4v) is 2.30. The first-order valence-corrected chi connectivity index (χ1v) is 6.30. The lowest BCUT2D eigenvalue weighted by Gasteiger charge is -2.31. The van der Waals surface area contributed by atoms with Crippen LogP contribution in [0.25, 0.3) is 0 Å². The predicted octanol–water partition coefficient (Wildman–Crippen LogP) is 2.08. The Morgan fingerprint density at radius 3 is 3.05 bits per heavy atom. The van der Waals surface area contributed by atoms with Crippen LogP contribution in [0.15, 0.2) is 29.0 Å². The Balaban J connectivity index is 1.96. The lowest BCUT2D eigenvalue weighted by atomic mass is 10.1. The van der Waals surface area contributed by atoms with Crippen molar-refractivity contribution in [3.63, 3.8) is 0 Å². The van der Waals surface area contributed by atoms with Gasteiger partial charge in [-0.1, -0.05) is 6.07 Å². The standard InChI is InChI=1S/C14H14N2O4/c1-9-11(15-8-20-9)7-16-5-6-19-13-10(14(17)18)3-2-4-12(13)16/h2-4,8H,5-7H2,1H3,(H,17,18). The highest BCUT2D eigenvalue weighted by molar-refractivity contribution is 5.93. The number of carboxylic acids is 1. The van der Waals surface area contributed by atoms with Crippen molar-refractivity contribution in [1.29, 1.82) is 0 Å². The van der Waals surface area contributed by atoms with Gasteiger partial charge in [-0.2, -0.15) is 0 Å². The van der Waals surface area contributed by atoms with Gasteiger partial charge >= 0.3 is 5.97 Å². The van der Waals surface area contributed by atoms with Crippen molar-refractivity contribution in [1.82, 2.24) is 4.98 Å². The van der Waals surface area contributed by atoms with Gasteiger partial charge in [0.1, 0.15) is 23.6 Å². The fraction of sp³-hybridized carbons (Fsp3) is 0.286. The molecule has 0 bridgehead atoms. The zero-order chi connectivity index (χ0) is 14.1. The van der Waals surface area contributed by atoms with Gasteiger partial charge in [0.15, 0.2) is 12.1 Å². The second kappa shape index (κ2) is 4.88. The number of ether oxygens (including phenoxy) is 1. The number of nitrogens with zero attached hydrogens (tertiary/aromatic N) is 2. The Hall–Kier alpha value is -2.50. The number of hydrogen-bond acceptors (Lipinski definition) is 5. The van der Waals surface area contributed by atoms with E-state index in [1.807, 2.05) is 13.0 Å². The fourth-order valence-electron chi connectivity index (χ4n) is 2.30. The van der Waals surface area contributed by atoms with Crippen LogP contribution in [0.5, 0.6) is 5.75 Å². The molecular formula is C14H14N2O4. The molecule has 1 aromatic carbocycles. The maximum Gasteiger partial charge on any atom is 0.339 e. The molecule has 2 aromatic rings. The number of fused-ring (bicyclic) bond motifs is 1. The smallest absolute Gasteiger partial charge is 0.339 e. The average molecular weight is 274 g/mol. The molecule has 1 N–H and O–H groups in total. The first-order valence-electron chi connectivity index (χ1n) is 6.30. The lowest BCUT2D eigenvalue weighted by Crippen LogP contribution is -2.33. The third-order valence-corrected chi connectivity index (χ3v) is 3.36. The summed E-state index contributed by atoms with van der Waals surface area (Å²) in [5, 5.41) is 9.20. The van der Waals surface area contributed by atoms with Gasteiger partial charge in [-0.3, -0.25) is 0 Å².